The molecule has 19 heavy (non-hydrogen) atoms. The number of hydrogen-bond acceptors (Lipinski definition) is 3. The lowest BCUT2D eigenvalue weighted by molar-refractivity contribution is -0.144. The number of aliphatic carboxylic acids is 1. The molecule has 1 aromatic heterocycles. The molecule has 1 unspecified atom stereocenters. The first-order valence-electron chi connectivity index (χ1n) is 6.41. The second kappa shape index (κ2) is 4.72. The van der Waals surface area contributed by atoms with Crippen LogP contribution in [-0.4, -0.2) is 35.0 Å². The standard InChI is InChI=1S/C14H19NO4/c1-7-9(3)19-10(4)12(7)13(16)15-5-11(6-15)8(2)14(17)18/h8,11H,5-6H2,1-4H3,(H,17,18). The lowest BCUT2D eigenvalue weighted by Crippen LogP contribution is -2.53. The molecule has 0 aromatic carbocycles. The Hall–Kier alpha value is -1.78. The summed E-state index contributed by atoms with van der Waals surface area (Å²) in [4.78, 5) is 24.9. The lowest BCUT2D eigenvalue weighted by Gasteiger charge is -2.41. The van der Waals surface area contributed by atoms with Gasteiger partial charge in [0.15, 0.2) is 0 Å². The summed E-state index contributed by atoms with van der Waals surface area (Å²) in [5, 5.41) is 8.93. The summed E-state index contributed by atoms with van der Waals surface area (Å²) < 4.78 is 5.46. The number of rotatable bonds is 3. The van der Waals surface area contributed by atoms with Crippen LogP contribution in [0.15, 0.2) is 4.42 Å². The maximum atomic E-state index is 12.3. The molecule has 1 amide bonds. The second-order valence-corrected chi connectivity index (χ2v) is 5.31. The van der Waals surface area contributed by atoms with E-state index in [0.717, 1.165) is 11.3 Å². The molecule has 2 heterocycles. The van der Waals surface area contributed by atoms with E-state index in [2.05, 4.69) is 0 Å². The molecule has 1 saturated heterocycles. The summed E-state index contributed by atoms with van der Waals surface area (Å²) in [5.74, 6) is 0.184. The van der Waals surface area contributed by atoms with Crippen molar-refractivity contribution in [3.05, 3.63) is 22.6 Å². The fraction of sp³-hybridized carbons (Fsp3) is 0.571. The number of nitrogens with zero attached hydrogens (tertiary/aromatic N) is 1. The zero-order valence-corrected chi connectivity index (χ0v) is 11.7. The number of carboxylic acid groups (broad SMARTS) is 1. The van der Waals surface area contributed by atoms with Crippen LogP contribution in [0, 0.1) is 32.6 Å². The molecule has 1 aromatic rings. The van der Waals surface area contributed by atoms with Gasteiger partial charge in [-0.2, -0.15) is 0 Å². The predicted octanol–water partition coefficient (Wildman–Crippen LogP) is 2.00. The maximum Gasteiger partial charge on any atom is 0.306 e. The highest BCUT2D eigenvalue weighted by molar-refractivity contribution is 5.97. The van der Waals surface area contributed by atoms with E-state index < -0.39 is 11.9 Å². The summed E-state index contributed by atoms with van der Waals surface area (Å²) in [5.41, 5.74) is 1.50. The molecule has 0 radical (unpaired) electrons. The van der Waals surface area contributed by atoms with Crippen molar-refractivity contribution in [1.82, 2.24) is 4.90 Å². The van der Waals surface area contributed by atoms with Gasteiger partial charge in [-0.1, -0.05) is 6.92 Å². The smallest absolute Gasteiger partial charge is 0.306 e. The van der Waals surface area contributed by atoms with Crippen molar-refractivity contribution in [2.45, 2.75) is 27.7 Å². The third kappa shape index (κ3) is 2.25. The van der Waals surface area contributed by atoms with E-state index in [1.165, 1.54) is 0 Å². The first kappa shape index (κ1) is 13.6. The van der Waals surface area contributed by atoms with Crippen LogP contribution < -0.4 is 0 Å². The topological polar surface area (TPSA) is 70.8 Å². The molecule has 1 aliphatic rings. The van der Waals surface area contributed by atoms with Crippen LogP contribution in [0.25, 0.3) is 0 Å². The highest BCUT2D eigenvalue weighted by Crippen LogP contribution is 2.29. The zero-order valence-electron chi connectivity index (χ0n) is 11.7. The van der Waals surface area contributed by atoms with Crippen LogP contribution in [0.1, 0.15) is 34.4 Å². The molecule has 1 atom stereocenters. The molecule has 0 bridgehead atoms. The van der Waals surface area contributed by atoms with E-state index in [0.29, 0.717) is 24.4 Å². The largest absolute Gasteiger partial charge is 0.481 e. The van der Waals surface area contributed by atoms with Crippen molar-refractivity contribution >= 4 is 11.9 Å². The first-order valence-corrected chi connectivity index (χ1v) is 6.41. The van der Waals surface area contributed by atoms with E-state index in [-0.39, 0.29) is 11.8 Å². The minimum absolute atomic E-state index is 0.0510. The van der Waals surface area contributed by atoms with Gasteiger partial charge in [-0.05, 0) is 20.8 Å². The van der Waals surface area contributed by atoms with Gasteiger partial charge in [0.2, 0.25) is 0 Å². The van der Waals surface area contributed by atoms with Crippen LogP contribution >= 0.6 is 0 Å². The highest BCUT2D eigenvalue weighted by Gasteiger charge is 2.38. The van der Waals surface area contributed by atoms with E-state index >= 15 is 0 Å². The lowest BCUT2D eigenvalue weighted by atomic mass is 9.86. The van der Waals surface area contributed by atoms with Crippen molar-refractivity contribution in [2.75, 3.05) is 13.1 Å². The molecule has 0 saturated carbocycles. The summed E-state index contributed by atoms with van der Waals surface area (Å²) >= 11 is 0. The monoisotopic (exact) mass is 265 g/mol. The molecule has 1 N–H and O–H groups in total. The SMILES string of the molecule is Cc1oc(C)c(C(=O)N2CC(C(C)C(=O)O)C2)c1C. The van der Waals surface area contributed by atoms with E-state index in [4.69, 9.17) is 9.52 Å². The number of likely N-dealkylation sites (tertiary alicyclic amines) is 1. The number of carbonyl (C=O) groups is 2. The van der Waals surface area contributed by atoms with Gasteiger partial charge in [0, 0.05) is 24.6 Å². The molecule has 1 aliphatic heterocycles. The second-order valence-electron chi connectivity index (χ2n) is 5.31. The zero-order chi connectivity index (χ0) is 14.3. The predicted molar refractivity (Wildman–Crippen MR) is 69.1 cm³/mol. The van der Waals surface area contributed by atoms with Crippen molar-refractivity contribution in [3.8, 4) is 0 Å². The Morgan fingerprint density at radius 1 is 1.26 bits per heavy atom. The Bertz CT molecular complexity index is 526. The molecular weight excluding hydrogens is 246 g/mol. The van der Waals surface area contributed by atoms with Crippen LogP contribution in [0.5, 0.6) is 0 Å². The van der Waals surface area contributed by atoms with Gasteiger partial charge in [-0.15, -0.1) is 0 Å². The van der Waals surface area contributed by atoms with Gasteiger partial charge in [0.1, 0.15) is 11.5 Å². The number of amides is 1. The Kier molecular flexibility index (Phi) is 3.39. The molecule has 104 valence electrons. The number of hydrogen-bond donors (Lipinski definition) is 1. The van der Waals surface area contributed by atoms with Crippen molar-refractivity contribution in [2.24, 2.45) is 11.8 Å². The molecule has 5 nitrogen and oxygen atoms in total. The third-order valence-corrected chi connectivity index (χ3v) is 4.07. The Morgan fingerprint density at radius 2 is 1.84 bits per heavy atom. The molecular formula is C14H19NO4. The summed E-state index contributed by atoms with van der Waals surface area (Å²) in [6.07, 6.45) is 0. The van der Waals surface area contributed by atoms with E-state index in [9.17, 15) is 9.59 Å². The summed E-state index contributed by atoms with van der Waals surface area (Å²) in [6.45, 7) is 8.20. The van der Waals surface area contributed by atoms with Crippen molar-refractivity contribution in [1.29, 1.82) is 0 Å². The summed E-state index contributed by atoms with van der Waals surface area (Å²) in [7, 11) is 0. The van der Waals surface area contributed by atoms with Gasteiger partial charge in [0.05, 0.1) is 11.5 Å². The van der Waals surface area contributed by atoms with E-state index in [1.54, 1.807) is 18.7 Å². The van der Waals surface area contributed by atoms with Crippen LogP contribution in [0.3, 0.4) is 0 Å². The van der Waals surface area contributed by atoms with Crippen LogP contribution in [0.4, 0.5) is 0 Å². The van der Waals surface area contributed by atoms with Gasteiger partial charge in [-0.3, -0.25) is 9.59 Å². The van der Waals surface area contributed by atoms with Crippen molar-refractivity contribution < 1.29 is 19.1 Å². The number of aryl methyl sites for hydroxylation is 2. The molecule has 0 spiro atoms. The van der Waals surface area contributed by atoms with Gasteiger partial charge >= 0.3 is 5.97 Å². The summed E-state index contributed by atoms with van der Waals surface area (Å²) in [6, 6.07) is 0. The quantitative estimate of drug-likeness (QED) is 0.907. The Labute approximate surface area is 112 Å². The number of carbonyl (C=O) groups excluding carboxylic acids is 1. The average Bonchev–Trinajstić information content (AvgIpc) is 2.50. The van der Waals surface area contributed by atoms with Crippen LogP contribution in [0.2, 0.25) is 0 Å². The fourth-order valence-corrected chi connectivity index (χ4v) is 2.46. The van der Waals surface area contributed by atoms with E-state index in [1.807, 2.05) is 13.8 Å². The highest BCUT2D eigenvalue weighted by atomic mass is 16.4. The number of carboxylic acids is 1. The minimum Gasteiger partial charge on any atom is -0.481 e. The molecule has 1 fully saturated rings. The van der Waals surface area contributed by atoms with Crippen molar-refractivity contribution in [3.63, 3.8) is 0 Å². The average molecular weight is 265 g/mol. The molecule has 2 rings (SSSR count). The first-order chi connectivity index (χ1) is 8.82. The third-order valence-electron chi connectivity index (χ3n) is 4.07. The Balaban J connectivity index is 2.06. The van der Waals surface area contributed by atoms with Gasteiger partial charge in [-0.25, -0.2) is 0 Å². The van der Waals surface area contributed by atoms with Gasteiger partial charge < -0.3 is 14.4 Å². The molecule has 0 aliphatic carbocycles. The fourth-order valence-electron chi connectivity index (χ4n) is 2.46. The van der Waals surface area contributed by atoms with Crippen LogP contribution in [-0.2, 0) is 4.79 Å². The number of furan rings is 1. The molecule has 5 heteroatoms. The van der Waals surface area contributed by atoms with Gasteiger partial charge in [0.25, 0.3) is 5.91 Å². The maximum absolute atomic E-state index is 12.3. The minimum atomic E-state index is -0.802. The Morgan fingerprint density at radius 3 is 2.26 bits per heavy atom. The normalized spacial score (nSPS) is 17.2.